The Morgan fingerprint density at radius 3 is 1.41 bits per heavy atom. The summed E-state index contributed by atoms with van der Waals surface area (Å²) < 4.78 is 89.0. The first kappa shape index (κ1) is 34.9. The highest BCUT2D eigenvalue weighted by molar-refractivity contribution is 6.11. The van der Waals surface area contributed by atoms with Crippen molar-refractivity contribution in [2.24, 2.45) is 0 Å². The molecule has 3 nitrogen and oxygen atoms in total. The third-order valence-electron chi connectivity index (χ3n) is 10.5. The molecule has 274 valence electrons. The van der Waals surface area contributed by atoms with E-state index < -0.39 is 23.5 Å². The van der Waals surface area contributed by atoms with Crippen molar-refractivity contribution in [3.63, 3.8) is 0 Å². The molecule has 7 aromatic carbocycles. The zero-order chi connectivity index (χ0) is 39.1. The Labute approximate surface area is 316 Å². The molecular formula is C47H29F6N3. The zero-order valence-electron chi connectivity index (χ0n) is 29.9. The van der Waals surface area contributed by atoms with E-state index in [4.69, 9.17) is 0 Å². The molecule has 0 saturated heterocycles. The summed E-state index contributed by atoms with van der Waals surface area (Å²) in [6.07, 6.45) is -10.0. The molecule has 0 N–H and O–H groups in total. The van der Waals surface area contributed by atoms with Crippen LogP contribution < -0.4 is 0 Å². The van der Waals surface area contributed by atoms with Gasteiger partial charge in [-0.15, -0.1) is 0 Å². The van der Waals surface area contributed by atoms with Gasteiger partial charge in [-0.25, -0.2) is 0 Å². The van der Waals surface area contributed by atoms with Gasteiger partial charge in [-0.3, -0.25) is 0 Å². The van der Waals surface area contributed by atoms with Gasteiger partial charge in [0.05, 0.1) is 56.2 Å². The standard InChI is InChI=1S/C47H29F6N3/c1-27-11-15-42-36(19-27)34-7-3-5-9-40(34)55(42)44-17-13-29(26-54)21-38(44)39-24-30(31-22-32(46(48,49)50)25-33(23-31)47(51,52)53)14-18-45(39)56-41-10-6-4-8-35(41)37-20-28(2)12-16-43(37)56/h3-25H,1-2H3. The number of aryl methyl sites for hydroxylation is 2. The lowest BCUT2D eigenvalue weighted by Crippen LogP contribution is -2.11. The SMILES string of the molecule is Cc1ccc2c(c1)c1ccccc1n2-c1ccc(C#N)cc1-c1cc(-c2cc(C(F)(F)F)cc(C(F)(F)F)c2)ccc1-n1c2ccccc2c2cc(C)ccc21. The topological polar surface area (TPSA) is 33.6 Å². The monoisotopic (exact) mass is 749 g/mol. The second-order valence-corrected chi connectivity index (χ2v) is 14.1. The van der Waals surface area contributed by atoms with Gasteiger partial charge in [-0.05, 0) is 110 Å². The number of aromatic nitrogens is 2. The number of halogens is 6. The summed E-state index contributed by atoms with van der Waals surface area (Å²) in [5.41, 5.74) is 5.37. The number of hydrogen-bond acceptors (Lipinski definition) is 1. The minimum absolute atomic E-state index is 0.136. The van der Waals surface area contributed by atoms with Gasteiger partial charge >= 0.3 is 12.4 Å². The van der Waals surface area contributed by atoms with Crippen LogP contribution in [0.15, 0.2) is 140 Å². The van der Waals surface area contributed by atoms with Crippen LogP contribution in [0.2, 0.25) is 0 Å². The molecule has 0 unspecified atom stereocenters. The van der Waals surface area contributed by atoms with Crippen molar-refractivity contribution in [1.82, 2.24) is 9.13 Å². The van der Waals surface area contributed by atoms with Crippen molar-refractivity contribution >= 4 is 43.6 Å². The Morgan fingerprint density at radius 2 is 0.911 bits per heavy atom. The van der Waals surface area contributed by atoms with Crippen LogP contribution in [0.1, 0.15) is 27.8 Å². The van der Waals surface area contributed by atoms with Crippen molar-refractivity contribution in [3.8, 4) is 39.7 Å². The summed E-state index contributed by atoms with van der Waals surface area (Å²) in [6, 6.07) is 42.1. The quantitative estimate of drug-likeness (QED) is 0.165. The third kappa shape index (κ3) is 5.68. The molecule has 0 fully saturated rings. The minimum atomic E-state index is -5.02. The van der Waals surface area contributed by atoms with Crippen molar-refractivity contribution in [2.75, 3.05) is 0 Å². The van der Waals surface area contributed by atoms with Crippen molar-refractivity contribution < 1.29 is 26.3 Å². The lowest BCUT2D eigenvalue weighted by Gasteiger charge is -2.21. The van der Waals surface area contributed by atoms with Crippen LogP contribution in [0.5, 0.6) is 0 Å². The molecular weight excluding hydrogens is 721 g/mol. The van der Waals surface area contributed by atoms with E-state index in [1.807, 2.05) is 92.7 Å². The largest absolute Gasteiger partial charge is 0.416 e. The molecule has 0 aliphatic rings. The van der Waals surface area contributed by atoms with Crippen molar-refractivity contribution in [1.29, 1.82) is 5.26 Å². The van der Waals surface area contributed by atoms with Crippen LogP contribution in [0.3, 0.4) is 0 Å². The second kappa shape index (κ2) is 12.6. The highest BCUT2D eigenvalue weighted by Crippen LogP contribution is 2.44. The highest BCUT2D eigenvalue weighted by atomic mass is 19.4. The number of fused-ring (bicyclic) bond motifs is 6. The Balaban J connectivity index is 1.43. The Morgan fingerprint density at radius 1 is 0.446 bits per heavy atom. The number of para-hydroxylation sites is 2. The molecule has 9 rings (SSSR count). The van der Waals surface area contributed by atoms with Crippen LogP contribution in [0, 0.1) is 25.2 Å². The van der Waals surface area contributed by atoms with E-state index in [9.17, 15) is 31.6 Å². The molecule has 0 radical (unpaired) electrons. The van der Waals surface area contributed by atoms with Crippen molar-refractivity contribution in [3.05, 3.63) is 167 Å². The fourth-order valence-corrected chi connectivity index (χ4v) is 7.96. The summed E-state index contributed by atoms with van der Waals surface area (Å²) in [4.78, 5) is 0. The number of benzene rings is 7. The zero-order valence-corrected chi connectivity index (χ0v) is 29.9. The van der Waals surface area contributed by atoms with Gasteiger partial charge in [0.15, 0.2) is 0 Å². The molecule has 2 aromatic heterocycles. The number of rotatable bonds is 4. The van der Waals surface area contributed by atoms with Crippen LogP contribution >= 0.6 is 0 Å². The molecule has 0 spiro atoms. The average molecular weight is 750 g/mol. The lowest BCUT2D eigenvalue weighted by molar-refractivity contribution is -0.143. The maximum absolute atomic E-state index is 14.1. The fourth-order valence-electron chi connectivity index (χ4n) is 7.96. The molecule has 0 bridgehead atoms. The summed E-state index contributed by atoms with van der Waals surface area (Å²) >= 11 is 0. The number of hydrogen-bond donors (Lipinski definition) is 0. The molecule has 0 atom stereocenters. The Bertz CT molecular complexity index is 3070. The first-order valence-electron chi connectivity index (χ1n) is 17.8. The average Bonchev–Trinajstić information content (AvgIpc) is 3.68. The van der Waals surface area contributed by atoms with Crippen LogP contribution in [-0.2, 0) is 12.4 Å². The molecule has 9 heteroatoms. The van der Waals surface area contributed by atoms with Gasteiger partial charge in [-0.2, -0.15) is 31.6 Å². The Kier molecular flexibility index (Phi) is 7.89. The van der Waals surface area contributed by atoms with E-state index in [1.165, 1.54) is 0 Å². The molecule has 56 heavy (non-hydrogen) atoms. The summed E-state index contributed by atoms with van der Waals surface area (Å²) in [6.45, 7) is 4.02. The summed E-state index contributed by atoms with van der Waals surface area (Å²) in [5.74, 6) is 0. The van der Waals surface area contributed by atoms with Crippen molar-refractivity contribution in [2.45, 2.75) is 26.2 Å². The van der Waals surface area contributed by atoms with Gasteiger partial charge in [0, 0.05) is 32.7 Å². The predicted molar refractivity (Wildman–Crippen MR) is 210 cm³/mol. The Hall–Kier alpha value is -6.79. The fraction of sp³-hybridized carbons (Fsp3) is 0.0851. The normalized spacial score (nSPS) is 12.3. The van der Waals surface area contributed by atoms with Gasteiger partial charge in [0.2, 0.25) is 0 Å². The minimum Gasteiger partial charge on any atom is -0.309 e. The van der Waals surface area contributed by atoms with Crippen LogP contribution in [0.25, 0.3) is 77.2 Å². The maximum atomic E-state index is 14.1. The first-order valence-corrected chi connectivity index (χ1v) is 17.8. The second-order valence-electron chi connectivity index (χ2n) is 14.1. The lowest BCUT2D eigenvalue weighted by atomic mass is 9.93. The predicted octanol–water partition coefficient (Wildman–Crippen LogP) is 13.7. The highest BCUT2D eigenvalue weighted by Gasteiger charge is 2.37. The smallest absolute Gasteiger partial charge is 0.309 e. The first-order chi connectivity index (χ1) is 26.8. The van der Waals surface area contributed by atoms with E-state index in [0.29, 0.717) is 28.1 Å². The van der Waals surface area contributed by atoms with E-state index in [2.05, 4.69) is 27.3 Å². The maximum Gasteiger partial charge on any atom is 0.416 e. The van der Waals surface area contributed by atoms with Gasteiger partial charge in [-0.1, -0.05) is 65.7 Å². The molecule has 9 aromatic rings. The van der Waals surface area contributed by atoms with Crippen LogP contribution in [0.4, 0.5) is 26.3 Å². The molecule has 0 aliphatic heterocycles. The molecule has 0 amide bonds. The summed E-state index contributed by atoms with van der Waals surface area (Å²) in [5, 5.41) is 14.2. The number of nitriles is 1. The summed E-state index contributed by atoms with van der Waals surface area (Å²) in [7, 11) is 0. The van der Waals surface area contributed by atoms with Crippen LogP contribution in [-0.4, -0.2) is 9.13 Å². The molecule has 0 aliphatic carbocycles. The third-order valence-corrected chi connectivity index (χ3v) is 10.5. The van der Waals surface area contributed by atoms with Gasteiger partial charge < -0.3 is 9.13 Å². The van der Waals surface area contributed by atoms with E-state index in [-0.39, 0.29) is 17.2 Å². The van der Waals surface area contributed by atoms with E-state index in [0.717, 1.165) is 66.9 Å². The molecule has 2 heterocycles. The number of alkyl halides is 6. The molecule has 0 saturated carbocycles. The van der Waals surface area contributed by atoms with E-state index in [1.54, 1.807) is 30.3 Å². The van der Waals surface area contributed by atoms with E-state index >= 15 is 0 Å². The van der Waals surface area contributed by atoms with Gasteiger partial charge in [0.25, 0.3) is 0 Å². The van der Waals surface area contributed by atoms with Gasteiger partial charge in [0.1, 0.15) is 0 Å². The number of nitrogens with zero attached hydrogens (tertiary/aromatic N) is 3.